The van der Waals surface area contributed by atoms with E-state index >= 15 is 0 Å². The van der Waals surface area contributed by atoms with Gasteiger partial charge in [-0.05, 0) is 37.2 Å². The lowest BCUT2D eigenvalue weighted by atomic mass is 9.74. The SMILES string of the molecule is Nc1nccc(Sc2cnc(N3CCC4(CCCC4NS)CC3)n3ccnc23)c1Cl. The first kappa shape index (κ1) is 20.2. The highest BCUT2D eigenvalue weighted by atomic mass is 35.5. The molecule has 2 fully saturated rings. The van der Waals surface area contributed by atoms with E-state index in [1.54, 1.807) is 6.20 Å². The summed E-state index contributed by atoms with van der Waals surface area (Å²) in [6.45, 7) is 1.98. The Labute approximate surface area is 190 Å². The summed E-state index contributed by atoms with van der Waals surface area (Å²) in [5.41, 5.74) is 7.09. The van der Waals surface area contributed by atoms with E-state index in [4.69, 9.17) is 22.3 Å². The molecule has 2 aliphatic rings. The normalized spacial score (nSPS) is 21.0. The molecule has 3 N–H and O–H groups in total. The van der Waals surface area contributed by atoms with Crippen molar-refractivity contribution in [2.45, 2.75) is 47.9 Å². The summed E-state index contributed by atoms with van der Waals surface area (Å²) >= 11 is 12.2. The van der Waals surface area contributed by atoms with Gasteiger partial charge in [0.2, 0.25) is 5.95 Å². The quantitative estimate of drug-likeness (QED) is 0.504. The molecule has 0 aromatic carbocycles. The summed E-state index contributed by atoms with van der Waals surface area (Å²) in [6, 6.07) is 2.37. The van der Waals surface area contributed by atoms with Gasteiger partial charge in [0.25, 0.3) is 0 Å². The van der Waals surface area contributed by atoms with Crippen molar-refractivity contribution < 1.29 is 0 Å². The highest BCUT2D eigenvalue weighted by Crippen LogP contribution is 2.47. The number of nitrogen functional groups attached to an aromatic ring is 1. The minimum Gasteiger partial charge on any atom is -0.382 e. The number of rotatable bonds is 4. The largest absolute Gasteiger partial charge is 0.382 e. The molecule has 1 saturated heterocycles. The average Bonchev–Trinajstić information content (AvgIpc) is 3.40. The van der Waals surface area contributed by atoms with Crippen molar-refractivity contribution in [1.82, 2.24) is 24.1 Å². The third-order valence-corrected chi connectivity index (χ3v) is 8.47. The molecule has 0 amide bonds. The van der Waals surface area contributed by atoms with Crippen LogP contribution in [0.15, 0.2) is 40.6 Å². The number of piperidine rings is 1. The molecule has 4 heterocycles. The van der Waals surface area contributed by atoms with Crippen LogP contribution in [0.3, 0.4) is 0 Å². The standard InChI is InChI=1S/C20H24ClN7S2/c21-16-13(3-7-23-17(16)22)30-14-12-25-19(28-11-8-24-18(14)28)27-9-5-20(6-10-27)4-1-2-15(20)26-29/h3,7-8,11-12,15,26,29H,1-2,4-6,9-10H2,(H2,22,23). The van der Waals surface area contributed by atoms with Crippen molar-refractivity contribution >= 4 is 53.6 Å². The maximum absolute atomic E-state index is 6.33. The maximum Gasteiger partial charge on any atom is 0.211 e. The Kier molecular flexibility index (Phi) is 5.47. The van der Waals surface area contributed by atoms with Crippen LogP contribution < -0.4 is 15.4 Å². The van der Waals surface area contributed by atoms with Gasteiger partial charge in [-0.2, -0.15) is 0 Å². The van der Waals surface area contributed by atoms with Crippen LogP contribution in [0.2, 0.25) is 5.02 Å². The van der Waals surface area contributed by atoms with Crippen molar-refractivity contribution in [3.63, 3.8) is 0 Å². The zero-order valence-corrected chi connectivity index (χ0v) is 18.9. The Morgan fingerprint density at radius 1 is 1.17 bits per heavy atom. The molecule has 1 unspecified atom stereocenters. The Morgan fingerprint density at radius 3 is 2.80 bits per heavy atom. The lowest BCUT2D eigenvalue weighted by Crippen LogP contribution is -2.47. The van der Waals surface area contributed by atoms with Crippen molar-refractivity contribution in [3.05, 3.63) is 35.9 Å². The highest BCUT2D eigenvalue weighted by molar-refractivity contribution is 7.99. The van der Waals surface area contributed by atoms with Crippen molar-refractivity contribution in [2.75, 3.05) is 23.7 Å². The van der Waals surface area contributed by atoms with Gasteiger partial charge in [-0.15, -0.1) is 0 Å². The number of halogens is 1. The topological polar surface area (TPSA) is 84.4 Å². The van der Waals surface area contributed by atoms with Gasteiger partial charge in [-0.1, -0.05) is 42.6 Å². The number of fused-ring (bicyclic) bond motifs is 1. The summed E-state index contributed by atoms with van der Waals surface area (Å²) in [5.74, 6) is 1.27. The van der Waals surface area contributed by atoms with Gasteiger partial charge in [0.15, 0.2) is 5.65 Å². The molecule has 0 radical (unpaired) electrons. The van der Waals surface area contributed by atoms with Crippen LogP contribution >= 0.6 is 36.2 Å². The molecular formula is C20H24ClN7S2. The van der Waals surface area contributed by atoms with Gasteiger partial charge in [-0.3, -0.25) is 9.12 Å². The number of aromatic nitrogens is 4. The first-order chi connectivity index (χ1) is 14.6. The first-order valence-electron chi connectivity index (χ1n) is 10.2. The molecule has 3 aromatic heterocycles. The van der Waals surface area contributed by atoms with Gasteiger partial charge in [0.1, 0.15) is 5.82 Å². The van der Waals surface area contributed by atoms with E-state index in [1.165, 1.54) is 31.0 Å². The van der Waals surface area contributed by atoms with Crippen LogP contribution in [-0.2, 0) is 0 Å². The second-order valence-corrected chi connectivity index (χ2v) is 9.80. The molecule has 1 saturated carbocycles. The molecular weight excluding hydrogens is 438 g/mol. The van der Waals surface area contributed by atoms with Gasteiger partial charge >= 0.3 is 0 Å². The van der Waals surface area contributed by atoms with Crippen molar-refractivity contribution in [3.8, 4) is 0 Å². The Morgan fingerprint density at radius 2 is 2.00 bits per heavy atom. The number of thiol groups is 1. The fraction of sp³-hybridized carbons (Fsp3) is 0.450. The second-order valence-electron chi connectivity index (χ2n) is 8.08. The Balaban J connectivity index is 1.40. The molecule has 10 heteroatoms. The molecule has 5 rings (SSSR count). The molecule has 158 valence electrons. The number of hydrogen-bond donors (Lipinski definition) is 3. The van der Waals surface area contributed by atoms with Crippen LogP contribution in [0.5, 0.6) is 0 Å². The lowest BCUT2D eigenvalue weighted by Gasteiger charge is -2.43. The Bertz CT molecular complexity index is 1060. The minimum absolute atomic E-state index is 0.328. The highest BCUT2D eigenvalue weighted by Gasteiger charge is 2.44. The third-order valence-electron chi connectivity index (χ3n) is 6.58. The number of pyridine rings is 1. The van der Waals surface area contributed by atoms with Crippen LogP contribution in [0, 0.1) is 5.41 Å². The van der Waals surface area contributed by atoms with Crippen LogP contribution in [0.1, 0.15) is 32.1 Å². The van der Waals surface area contributed by atoms with Crippen molar-refractivity contribution in [1.29, 1.82) is 0 Å². The molecule has 3 aromatic rings. The molecule has 1 atom stereocenters. The monoisotopic (exact) mass is 461 g/mol. The maximum atomic E-state index is 6.33. The number of nitrogens with two attached hydrogens (primary N) is 1. The summed E-state index contributed by atoms with van der Waals surface area (Å²) in [5, 5.41) is 0.460. The number of hydrogen-bond acceptors (Lipinski definition) is 8. The van der Waals surface area contributed by atoms with E-state index in [-0.39, 0.29) is 0 Å². The molecule has 30 heavy (non-hydrogen) atoms. The zero-order chi connectivity index (χ0) is 20.7. The van der Waals surface area contributed by atoms with E-state index in [0.717, 1.165) is 47.3 Å². The molecule has 7 nitrogen and oxygen atoms in total. The first-order valence-corrected chi connectivity index (χ1v) is 11.8. The molecule has 0 bridgehead atoms. The van der Waals surface area contributed by atoms with Crippen LogP contribution in [0.25, 0.3) is 5.65 Å². The lowest BCUT2D eigenvalue weighted by molar-refractivity contribution is 0.189. The summed E-state index contributed by atoms with van der Waals surface area (Å²) in [7, 11) is 0. The number of nitrogens with one attached hydrogen (secondary N) is 1. The van der Waals surface area contributed by atoms with E-state index < -0.39 is 0 Å². The molecule has 1 aliphatic carbocycles. The zero-order valence-electron chi connectivity index (χ0n) is 16.5. The fourth-order valence-electron chi connectivity index (χ4n) is 4.92. The van der Waals surface area contributed by atoms with E-state index in [0.29, 0.717) is 22.3 Å². The summed E-state index contributed by atoms with van der Waals surface area (Å²) < 4.78 is 5.33. The molecule has 1 spiro atoms. The van der Waals surface area contributed by atoms with Gasteiger partial charge in [0, 0.05) is 48.8 Å². The van der Waals surface area contributed by atoms with Gasteiger partial charge in [0.05, 0.1) is 9.92 Å². The van der Waals surface area contributed by atoms with Crippen LogP contribution in [-0.4, -0.2) is 38.5 Å². The van der Waals surface area contributed by atoms with E-state index in [9.17, 15) is 0 Å². The average molecular weight is 462 g/mol. The predicted octanol–water partition coefficient (Wildman–Crippen LogP) is 4.08. The van der Waals surface area contributed by atoms with E-state index in [2.05, 4.69) is 36.8 Å². The minimum atomic E-state index is 0.328. The second kappa shape index (κ2) is 8.11. The summed E-state index contributed by atoms with van der Waals surface area (Å²) in [4.78, 5) is 17.6. The van der Waals surface area contributed by atoms with Gasteiger partial charge < -0.3 is 10.6 Å². The van der Waals surface area contributed by atoms with Gasteiger partial charge in [-0.25, -0.2) is 15.0 Å². The van der Waals surface area contributed by atoms with Crippen molar-refractivity contribution in [2.24, 2.45) is 5.41 Å². The molecule has 1 aliphatic heterocycles. The number of anilines is 2. The smallest absolute Gasteiger partial charge is 0.211 e. The fourth-order valence-corrected chi connectivity index (χ4v) is 6.46. The predicted molar refractivity (Wildman–Crippen MR) is 124 cm³/mol. The third kappa shape index (κ3) is 3.41. The number of nitrogens with zero attached hydrogens (tertiary/aromatic N) is 5. The summed E-state index contributed by atoms with van der Waals surface area (Å²) in [6.07, 6.45) is 13.5. The Hall–Kier alpha value is -1.68. The van der Waals surface area contributed by atoms with Crippen LogP contribution in [0.4, 0.5) is 11.8 Å². The van der Waals surface area contributed by atoms with E-state index in [1.807, 2.05) is 24.7 Å². The number of imidazole rings is 1.